The highest BCUT2D eigenvalue weighted by atomic mass is 19.1. The molecule has 0 aliphatic rings. The molecule has 0 radical (unpaired) electrons. The van der Waals surface area contributed by atoms with Crippen molar-refractivity contribution in [2.75, 3.05) is 5.32 Å². The Labute approximate surface area is 188 Å². The van der Waals surface area contributed by atoms with Crippen LogP contribution in [-0.4, -0.2) is 33.9 Å². The van der Waals surface area contributed by atoms with E-state index in [0.29, 0.717) is 10.9 Å². The number of carboxylic acids is 1. The number of nitrogens with one attached hydrogen (secondary N) is 3. The number of anilines is 1. The van der Waals surface area contributed by atoms with Gasteiger partial charge >= 0.3 is 5.97 Å². The summed E-state index contributed by atoms with van der Waals surface area (Å²) in [6.07, 6.45) is 0.113. The molecular weight excluding hydrogens is 425 g/mol. The van der Waals surface area contributed by atoms with Gasteiger partial charge in [-0.1, -0.05) is 42.5 Å². The van der Waals surface area contributed by atoms with Gasteiger partial charge in [0.05, 0.1) is 11.3 Å². The molecule has 4 aromatic rings. The first-order valence-corrected chi connectivity index (χ1v) is 10.2. The van der Waals surface area contributed by atoms with Crippen LogP contribution in [0.2, 0.25) is 0 Å². The maximum Gasteiger partial charge on any atom is 0.326 e. The SMILES string of the molecule is O=C(Nc1ccccc1C(=O)N[C@H](Cc1ccccc1)C(=O)O)c1cc2cc(F)ccc2[nH]1. The normalized spacial score (nSPS) is 11.7. The van der Waals surface area contributed by atoms with Crippen LogP contribution >= 0.6 is 0 Å². The van der Waals surface area contributed by atoms with Crippen molar-refractivity contribution in [3.8, 4) is 0 Å². The Hall–Kier alpha value is -4.46. The predicted molar refractivity (Wildman–Crippen MR) is 122 cm³/mol. The molecule has 0 aliphatic carbocycles. The number of H-pyrrole nitrogens is 1. The van der Waals surface area contributed by atoms with E-state index in [1.807, 2.05) is 6.07 Å². The van der Waals surface area contributed by atoms with Crippen LogP contribution in [0.3, 0.4) is 0 Å². The number of hydrogen-bond acceptors (Lipinski definition) is 3. The smallest absolute Gasteiger partial charge is 0.326 e. The van der Waals surface area contributed by atoms with Gasteiger partial charge in [0.25, 0.3) is 11.8 Å². The highest BCUT2D eigenvalue weighted by Crippen LogP contribution is 2.20. The minimum Gasteiger partial charge on any atom is -0.480 e. The van der Waals surface area contributed by atoms with E-state index in [9.17, 15) is 23.9 Å². The average Bonchev–Trinajstić information content (AvgIpc) is 3.23. The zero-order valence-electron chi connectivity index (χ0n) is 17.3. The van der Waals surface area contributed by atoms with E-state index < -0.39 is 29.6 Å². The Balaban J connectivity index is 1.52. The number of para-hydroxylation sites is 1. The Kier molecular flexibility index (Phi) is 6.17. The van der Waals surface area contributed by atoms with Crippen LogP contribution in [0.25, 0.3) is 10.9 Å². The van der Waals surface area contributed by atoms with E-state index in [4.69, 9.17) is 0 Å². The third kappa shape index (κ3) is 5.07. The zero-order chi connectivity index (χ0) is 23.4. The fourth-order valence-corrected chi connectivity index (χ4v) is 3.49. The number of rotatable bonds is 7. The van der Waals surface area contributed by atoms with Gasteiger partial charge in [-0.05, 0) is 42.0 Å². The van der Waals surface area contributed by atoms with Crippen molar-refractivity contribution in [2.45, 2.75) is 12.5 Å². The zero-order valence-corrected chi connectivity index (χ0v) is 17.3. The first-order chi connectivity index (χ1) is 15.9. The summed E-state index contributed by atoms with van der Waals surface area (Å²) in [7, 11) is 0. The van der Waals surface area contributed by atoms with Crippen molar-refractivity contribution in [3.05, 3.63) is 102 Å². The lowest BCUT2D eigenvalue weighted by molar-refractivity contribution is -0.139. The van der Waals surface area contributed by atoms with E-state index in [0.717, 1.165) is 5.56 Å². The topological polar surface area (TPSA) is 111 Å². The van der Waals surface area contributed by atoms with Crippen molar-refractivity contribution in [1.29, 1.82) is 0 Å². The number of benzene rings is 3. The van der Waals surface area contributed by atoms with Crippen LogP contribution < -0.4 is 10.6 Å². The lowest BCUT2D eigenvalue weighted by atomic mass is 10.1. The molecule has 0 spiro atoms. The molecule has 0 unspecified atom stereocenters. The van der Waals surface area contributed by atoms with Crippen LogP contribution in [0.15, 0.2) is 78.9 Å². The van der Waals surface area contributed by atoms with Gasteiger partial charge in [0, 0.05) is 17.3 Å². The molecule has 166 valence electrons. The molecule has 1 aromatic heterocycles. The largest absolute Gasteiger partial charge is 0.480 e. The fourth-order valence-electron chi connectivity index (χ4n) is 3.49. The number of fused-ring (bicyclic) bond motifs is 1. The van der Waals surface area contributed by atoms with Crippen molar-refractivity contribution in [3.63, 3.8) is 0 Å². The molecule has 1 heterocycles. The van der Waals surface area contributed by atoms with Crippen molar-refractivity contribution in [2.24, 2.45) is 0 Å². The van der Waals surface area contributed by atoms with Gasteiger partial charge in [-0.2, -0.15) is 0 Å². The second kappa shape index (κ2) is 9.35. The van der Waals surface area contributed by atoms with E-state index in [-0.39, 0.29) is 23.4 Å². The van der Waals surface area contributed by atoms with Crippen molar-refractivity contribution in [1.82, 2.24) is 10.3 Å². The maximum absolute atomic E-state index is 13.4. The van der Waals surface area contributed by atoms with E-state index >= 15 is 0 Å². The first-order valence-electron chi connectivity index (χ1n) is 10.2. The van der Waals surface area contributed by atoms with Crippen molar-refractivity contribution >= 4 is 34.4 Å². The summed E-state index contributed by atoms with van der Waals surface area (Å²) < 4.78 is 13.4. The van der Waals surface area contributed by atoms with Gasteiger partial charge in [-0.15, -0.1) is 0 Å². The van der Waals surface area contributed by atoms with Gasteiger partial charge in [0.15, 0.2) is 0 Å². The average molecular weight is 445 g/mol. The second-order valence-corrected chi connectivity index (χ2v) is 7.47. The van der Waals surface area contributed by atoms with Gasteiger partial charge < -0.3 is 20.7 Å². The number of amides is 2. The number of carboxylic acid groups (broad SMARTS) is 1. The quantitative estimate of drug-likeness (QED) is 0.345. The number of hydrogen-bond donors (Lipinski definition) is 4. The second-order valence-electron chi connectivity index (χ2n) is 7.47. The summed E-state index contributed by atoms with van der Waals surface area (Å²) in [4.78, 5) is 40.3. The van der Waals surface area contributed by atoms with Crippen molar-refractivity contribution < 1.29 is 23.9 Å². The van der Waals surface area contributed by atoms with Crippen LogP contribution in [-0.2, 0) is 11.2 Å². The molecule has 33 heavy (non-hydrogen) atoms. The number of carbonyl (C=O) groups excluding carboxylic acids is 2. The molecule has 1 atom stereocenters. The van der Waals surface area contributed by atoms with E-state index in [2.05, 4.69) is 15.6 Å². The molecule has 4 N–H and O–H groups in total. The molecular formula is C25H20FN3O4. The molecule has 0 aliphatic heterocycles. The van der Waals surface area contributed by atoms with Crippen LogP contribution in [0.1, 0.15) is 26.4 Å². The molecule has 0 saturated heterocycles. The highest BCUT2D eigenvalue weighted by molar-refractivity contribution is 6.10. The Morgan fingerprint density at radius 1 is 0.909 bits per heavy atom. The third-order valence-corrected chi connectivity index (χ3v) is 5.13. The summed E-state index contributed by atoms with van der Waals surface area (Å²) >= 11 is 0. The number of aromatic nitrogens is 1. The number of aliphatic carboxylic acids is 1. The third-order valence-electron chi connectivity index (χ3n) is 5.13. The number of aromatic amines is 1. The highest BCUT2D eigenvalue weighted by Gasteiger charge is 2.23. The van der Waals surface area contributed by atoms with Gasteiger partial charge in [0.2, 0.25) is 0 Å². The summed E-state index contributed by atoms with van der Waals surface area (Å²) in [5.41, 5.74) is 1.89. The predicted octanol–water partition coefficient (Wildman–Crippen LogP) is 3.99. The first kappa shape index (κ1) is 21.8. The molecule has 0 fully saturated rings. The van der Waals surface area contributed by atoms with Gasteiger partial charge in [-0.3, -0.25) is 9.59 Å². The van der Waals surface area contributed by atoms with Gasteiger partial charge in [0.1, 0.15) is 17.6 Å². The summed E-state index contributed by atoms with van der Waals surface area (Å²) in [5.74, 6) is -2.74. The van der Waals surface area contributed by atoms with Crippen LogP contribution in [0.5, 0.6) is 0 Å². The van der Waals surface area contributed by atoms with E-state index in [1.54, 1.807) is 42.5 Å². The summed E-state index contributed by atoms with van der Waals surface area (Å²) in [5, 5.41) is 15.3. The molecule has 2 amide bonds. The number of halogens is 1. The summed E-state index contributed by atoms with van der Waals surface area (Å²) in [6.45, 7) is 0. The Bertz CT molecular complexity index is 1330. The number of carbonyl (C=O) groups is 3. The van der Waals surface area contributed by atoms with Gasteiger partial charge in [-0.25, -0.2) is 9.18 Å². The minimum atomic E-state index is -1.17. The monoisotopic (exact) mass is 445 g/mol. The minimum absolute atomic E-state index is 0.113. The molecule has 0 bridgehead atoms. The van der Waals surface area contributed by atoms with Crippen LogP contribution in [0, 0.1) is 5.82 Å². The molecule has 4 rings (SSSR count). The maximum atomic E-state index is 13.4. The standard InChI is InChI=1S/C25H20FN3O4/c26-17-10-11-19-16(13-17)14-21(27-19)24(31)28-20-9-5-4-8-18(20)23(30)29-22(25(32)33)12-15-6-2-1-3-7-15/h1-11,13-14,22,27H,12H2,(H,28,31)(H,29,30)(H,32,33)/t22-/m1/s1. The lowest BCUT2D eigenvalue weighted by Crippen LogP contribution is -2.42. The van der Waals surface area contributed by atoms with Crippen LogP contribution in [0.4, 0.5) is 10.1 Å². The Morgan fingerprint density at radius 3 is 2.39 bits per heavy atom. The molecule has 3 aromatic carbocycles. The molecule has 7 nitrogen and oxygen atoms in total. The molecule has 0 saturated carbocycles. The molecule has 8 heteroatoms. The summed E-state index contributed by atoms with van der Waals surface area (Å²) in [6, 6.07) is 19.7. The lowest BCUT2D eigenvalue weighted by Gasteiger charge is -2.16. The Morgan fingerprint density at radius 2 is 1.64 bits per heavy atom. The van der Waals surface area contributed by atoms with E-state index in [1.165, 1.54) is 30.3 Å². The fraction of sp³-hybridized carbons (Fsp3) is 0.0800.